The maximum Gasteiger partial charge on any atom is 1.00 e. The van der Waals surface area contributed by atoms with Crippen LogP contribution in [0.2, 0.25) is 0 Å². The number of allylic oxidation sites excluding steroid dienone is 20. The Morgan fingerprint density at radius 2 is 0.663 bits per heavy atom. The minimum atomic E-state index is -0.997. The summed E-state index contributed by atoms with van der Waals surface area (Å²) >= 11 is 0. The first-order chi connectivity index (χ1) is 40.2. The first kappa shape index (κ1) is 87.3. The van der Waals surface area contributed by atoms with Gasteiger partial charge in [-0.2, -0.15) is 0 Å². The van der Waals surface area contributed by atoms with Gasteiger partial charge in [0.05, 0.1) is 20.3 Å². The Hall–Kier alpha value is -7.50. The third-order valence-electron chi connectivity index (χ3n) is 10.5. The number of hydrogen-bond donors (Lipinski definition) is 3. The van der Waals surface area contributed by atoms with Gasteiger partial charge in [-0.25, -0.2) is 9.59 Å². The number of carbonyl (C=O) groups is 10. The molecule has 2 amide bonds. The number of amides is 2. The summed E-state index contributed by atoms with van der Waals surface area (Å²) in [5, 5.41) is 13.4. The zero-order valence-electron chi connectivity index (χ0n) is 51.2. The van der Waals surface area contributed by atoms with Crippen molar-refractivity contribution in [1.29, 1.82) is 0 Å². The van der Waals surface area contributed by atoms with Crippen molar-refractivity contribution in [2.75, 3.05) is 33.4 Å². The second-order valence-corrected chi connectivity index (χ2v) is 17.9. The van der Waals surface area contributed by atoms with E-state index in [1.165, 1.54) is 7.11 Å². The van der Waals surface area contributed by atoms with Gasteiger partial charge >= 0.3 is 66.6 Å². The van der Waals surface area contributed by atoms with Crippen LogP contribution < -0.4 is 29.5 Å². The van der Waals surface area contributed by atoms with Crippen LogP contribution in [0.1, 0.15) is 168 Å². The van der Waals surface area contributed by atoms with Gasteiger partial charge in [0.25, 0.3) is 0 Å². The fourth-order valence-electron chi connectivity index (χ4n) is 6.21. The zero-order valence-corrected chi connectivity index (χ0v) is 51.2. The van der Waals surface area contributed by atoms with E-state index >= 15 is 0 Å². The number of rotatable bonds is 46. The topological polar surface area (TPSA) is 323 Å². The number of esters is 7. The van der Waals surface area contributed by atoms with Gasteiger partial charge in [-0.15, -0.1) is 0 Å². The SMILES string of the molecule is CC/C=C\C/C=C\C/C=C\C/C=C\C/C=C\CCCC(=O)OCCCC(=O)OC(=O)/C=C/C(=O)NCCCC(=O)O.CC/C=C\C/C=C\C/C=C\C/C=C\C/C=C\CCCC(=O)OCCCC(=O)OC(=O)/C=C/C(=O)NCCCC(=O)OC.O.[Li+].[OH-]. The summed E-state index contributed by atoms with van der Waals surface area (Å²) in [4.78, 5) is 115. The first-order valence-corrected chi connectivity index (χ1v) is 28.7. The predicted molar refractivity (Wildman–Crippen MR) is 327 cm³/mol. The Bertz CT molecular complexity index is 2250. The minimum Gasteiger partial charge on any atom is -0.870 e. The number of carbonyl (C=O) groups excluding carboxylic acids is 9. The molecule has 0 fully saturated rings. The molecule has 0 aliphatic heterocycles. The van der Waals surface area contributed by atoms with E-state index in [2.05, 4.69) is 148 Å². The molecule has 0 aliphatic carbocycles. The second kappa shape index (κ2) is 68.3. The van der Waals surface area contributed by atoms with Crippen LogP contribution in [0, 0.1) is 0 Å². The standard InChI is InChI=1S/C33H47NO8.C32H45NO8.Li.2H2O/c1-3-4-5-6-7-8-9-10-11-12-13-14-15-16-17-18-19-22-31(37)41-28-21-24-32(38)42-33(39)26-25-29(35)34-27-20-23-30(36)40-2;1-2-3-4-5-6-7-8-9-10-11-12-13-14-15-16-17-18-22-30(37)40-27-20-23-31(38)41-32(39)25-24-28(34)33-26-19-21-29(35)36;;;/h4-5,7-8,10-11,13-14,16-17,25-26H,3,6,9,12,15,18-24,27-28H2,1-2H3,(H,34,35);3-4,6-7,9-10,12-13,15-16,24-25H,2,5,8,11,14,17-23,26-27H2,1H3,(H,33,34)(H,35,36);;2*1H2/q;;+1;;/p-1/b5-4-,8-7-,11-10-,14-13-,17-16-,26-25+;4-3-,7-6-,10-9-,13-12-,16-15-,25-24+;;;. The molecule has 0 radical (unpaired) electrons. The van der Waals surface area contributed by atoms with Gasteiger partial charge in [-0.1, -0.05) is 135 Å². The van der Waals surface area contributed by atoms with Crippen molar-refractivity contribution in [3.63, 3.8) is 0 Å². The number of carboxylic acid groups (broad SMARTS) is 1. The second-order valence-electron chi connectivity index (χ2n) is 17.9. The molecule has 0 aliphatic rings. The number of methoxy groups -OCH3 is 1. The third-order valence-corrected chi connectivity index (χ3v) is 10.5. The van der Waals surface area contributed by atoms with Crippen molar-refractivity contribution in [1.82, 2.24) is 10.6 Å². The van der Waals surface area contributed by atoms with E-state index < -0.39 is 41.7 Å². The van der Waals surface area contributed by atoms with Crippen molar-refractivity contribution < 1.29 is 107 Å². The van der Waals surface area contributed by atoms with Gasteiger partial charge in [-0.3, -0.25) is 38.4 Å². The zero-order chi connectivity index (χ0) is 61.5. The van der Waals surface area contributed by atoms with E-state index in [-0.39, 0.29) is 132 Å². The Morgan fingerprint density at radius 1 is 0.372 bits per heavy atom. The molecular weight excluding hydrogens is 1100 g/mol. The third kappa shape index (κ3) is 70.8. The predicted octanol–water partition coefficient (Wildman–Crippen LogP) is 7.77. The van der Waals surface area contributed by atoms with Crippen LogP contribution in [0.3, 0.4) is 0 Å². The summed E-state index contributed by atoms with van der Waals surface area (Å²) in [6.07, 6.45) is 60.1. The van der Waals surface area contributed by atoms with Crippen LogP contribution >= 0.6 is 0 Å². The number of unbranched alkanes of at least 4 members (excludes halogenated alkanes) is 2. The number of hydrogen-bond acceptors (Lipinski definition) is 16. The van der Waals surface area contributed by atoms with E-state index in [1.54, 1.807) is 0 Å². The van der Waals surface area contributed by atoms with Crippen molar-refractivity contribution in [3.8, 4) is 0 Å². The van der Waals surface area contributed by atoms with E-state index in [4.69, 9.17) is 14.6 Å². The van der Waals surface area contributed by atoms with Gasteiger partial charge in [0, 0.05) is 75.9 Å². The Kier molecular flexibility index (Phi) is 69.3. The fraction of sp³-hybridized carbons (Fsp3) is 0.477. The average molecular weight is 1200 g/mol. The van der Waals surface area contributed by atoms with Crippen molar-refractivity contribution in [2.45, 2.75) is 168 Å². The molecule has 0 aromatic carbocycles. The minimum absolute atomic E-state index is 0. The van der Waals surface area contributed by atoms with Crippen LogP contribution in [0.25, 0.3) is 0 Å². The number of nitrogens with one attached hydrogen (secondary N) is 2. The maximum absolute atomic E-state index is 11.8. The van der Waals surface area contributed by atoms with Gasteiger partial charge in [0.1, 0.15) is 0 Å². The largest absolute Gasteiger partial charge is 1.00 e. The molecule has 0 saturated carbocycles. The van der Waals surface area contributed by atoms with E-state index in [1.807, 2.05) is 12.2 Å². The number of carboxylic acids is 1. The normalized spacial score (nSPS) is 11.5. The molecule has 0 aromatic heterocycles. The smallest absolute Gasteiger partial charge is 0.870 e. The molecule has 0 rings (SSSR count). The molecule has 0 saturated heterocycles. The van der Waals surface area contributed by atoms with Crippen LogP contribution in [0.15, 0.2) is 146 Å². The van der Waals surface area contributed by atoms with Gasteiger partial charge in [0.15, 0.2) is 0 Å². The number of ether oxygens (including phenoxy) is 5. The Balaban J connectivity index is -0.000000492. The van der Waals surface area contributed by atoms with Crippen molar-refractivity contribution in [3.05, 3.63) is 146 Å². The van der Waals surface area contributed by atoms with E-state index in [9.17, 15) is 47.9 Å². The van der Waals surface area contributed by atoms with E-state index in [0.29, 0.717) is 19.3 Å². The molecule has 0 bridgehead atoms. The van der Waals surface area contributed by atoms with Gasteiger partial charge in [-0.05, 0) is 116 Å². The van der Waals surface area contributed by atoms with Crippen LogP contribution in [0.4, 0.5) is 0 Å². The molecule has 86 heavy (non-hydrogen) atoms. The van der Waals surface area contributed by atoms with Gasteiger partial charge in [0.2, 0.25) is 11.8 Å². The Labute approximate surface area is 521 Å². The summed E-state index contributed by atoms with van der Waals surface area (Å²) in [5.41, 5.74) is 0. The van der Waals surface area contributed by atoms with Crippen LogP contribution in [-0.4, -0.2) is 109 Å². The molecule has 0 unspecified atom stereocenters. The molecule has 0 spiro atoms. The molecular formula is C65H95LiN2O18. The molecule has 21 heteroatoms. The summed E-state index contributed by atoms with van der Waals surface area (Å²) in [6, 6.07) is 0. The number of aliphatic carboxylic acids is 1. The van der Waals surface area contributed by atoms with Gasteiger partial charge < -0.3 is 50.4 Å². The van der Waals surface area contributed by atoms with Crippen LogP contribution in [0.5, 0.6) is 0 Å². The average Bonchev–Trinajstić information content (AvgIpc) is 3.46. The summed E-state index contributed by atoms with van der Waals surface area (Å²) in [7, 11) is 1.28. The van der Waals surface area contributed by atoms with E-state index in [0.717, 1.165) is 101 Å². The molecule has 0 heterocycles. The molecule has 0 atom stereocenters. The summed E-state index contributed by atoms with van der Waals surface area (Å²) in [5.74, 6) is -6.75. The summed E-state index contributed by atoms with van der Waals surface area (Å²) in [6.45, 7) is 4.72. The summed E-state index contributed by atoms with van der Waals surface area (Å²) < 4.78 is 23.8. The molecule has 0 aromatic rings. The molecule has 6 N–H and O–H groups in total. The van der Waals surface area contributed by atoms with Crippen molar-refractivity contribution >= 4 is 59.6 Å². The monoisotopic (exact) mass is 1200 g/mol. The van der Waals surface area contributed by atoms with Crippen LogP contribution in [-0.2, 0) is 71.6 Å². The quantitative estimate of drug-likeness (QED) is 0.00996. The molecule has 474 valence electrons. The molecule has 20 nitrogen and oxygen atoms in total. The Morgan fingerprint density at radius 3 is 0.977 bits per heavy atom. The first-order valence-electron chi connectivity index (χ1n) is 28.7. The fourth-order valence-corrected chi connectivity index (χ4v) is 6.21. The maximum atomic E-state index is 11.8. The van der Waals surface area contributed by atoms with Crippen molar-refractivity contribution in [2.24, 2.45) is 0 Å².